The molecular formula is C12H17BrN2O. The second-order valence-corrected chi connectivity index (χ2v) is 4.47. The Labute approximate surface area is 105 Å². The van der Waals surface area contributed by atoms with Gasteiger partial charge < -0.3 is 10.6 Å². The first kappa shape index (κ1) is 13.2. The maximum Gasteiger partial charge on any atom is 0.225 e. The van der Waals surface area contributed by atoms with Crippen LogP contribution in [0.25, 0.3) is 0 Å². The van der Waals surface area contributed by atoms with Crippen LogP contribution in [-0.2, 0) is 11.2 Å². The van der Waals surface area contributed by atoms with Crippen molar-refractivity contribution in [2.45, 2.75) is 19.8 Å². The molecule has 0 saturated carbocycles. The summed E-state index contributed by atoms with van der Waals surface area (Å²) < 4.78 is 1.04. The number of anilines is 1. The fourth-order valence-corrected chi connectivity index (χ4v) is 1.84. The predicted molar refractivity (Wildman–Crippen MR) is 70.7 cm³/mol. The first-order valence-electron chi connectivity index (χ1n) is 5.40. The van der Waals surface area contributed by atoms with Crippen LogP contribution in [-0.4, -0.2) is 19.5 Å². The van der Waals surface area contributed by atoms with Crippen molar-refractivity contribution in [1.29, 1.82) is 0 Å². The van der Waals surface area contributed by atoms with E-state index >= 15 is 0 Å². The van der Waals surface area contributed by atoms with E-state index in [4.69, 9.17) is 0 Å². The van der Waals surface area contributed by atoms with Gasteiger partial charge in [0.15, 0.2) is 0 Å². The summed E-state index contributed by atoms with van der Waals surface area (Å²) in [6.45, 7) is 2.77. The van der Waals surface area contributed by atoms with Gasteiger partial charge in [-0.15, -0.1) is 0 Å². The van der Waals surface area contributed by atoms with Gasteiger partial charge >= 0.3 is 0 Å². The zero-order chi connectivity index (χ0) is 12.0. The van der Waals surface area contributed by atoms with Gasteiger partial charge in [-0.05, 0) is 37.2 Å². The molecule has 0 heterocycles. The summed E-state index contributed by atoms with van der Waals surface area (Å²) in [6, 6.07) is 5.90. The number of aryl methyl sites for hydroxylation is 1. The monoisotopic (exact) mass is 284 g/mol. The number of amides is 1. The molecule has 0 radical (unpaired) electrons. The Balaban J connectivity index is 2.69. The summed E-state index contributed by atoms with van der Waals surface area (Å²) in [5.41, 5.74) is 2.05. The van der Waals surface area contributed by atoms with E-state index in [1.54, 1.807) is 0 Å². The van der Waals surface area contributed by atoms with Crippen LogP contribution >= 0.6 is 15.9 Å². The summed E-state index contributed by atoms with van der Waals surface area (Å²) in [5.74, 6) is 0.0476. The van der Waals surface area contributed by atoms with E-state index in [0.29, 0.717) is 13.0 Å². The fraction of sp³-hybridized carbons (Fsp3) is 0.417. The first-order valence-corrected chi connectivity index (χ1v) is 6.19. The topological polar surface area (TPSA) is 41.1 Å². The number of hydrogen-bond donors (Lipinski definition) is 2. The predicted octanol–water partition coefficient (Wildman–Crippen LogP) is 2.56. The smallest absolute Gasteiger partial charge is 0.225 e. The van der Waals surface area contributed by atoms with E-state index in [0.717, 1.165) is 22.1 Å². The number of halogens is 1. The van der Waals surface area contributed by atoms with Gasteiger partial charge in [0.05, 0.1) is 0 Å². The van der Waals surface area contributed by atoms with Crippen LogP contribution in [0, 0.1) is 0 Å². The third-order valence-electron chi connectivity index (χ3n) is 2.32. The molecule has 1 rings (SSSR count). The summed E-state index contributed by atoms with van der Waals surface area (Å²) in [4.78, 5) is 11.6. The normalized spacial score (nSPS) is 10.2. The van der Waals surface area contributed by atoms with Crippen molar-refractivity contribution in [3.63, 3.8) is 0 Å². The number of carbonyl (C=O) groups excluding carboxylic acids is 1. The fourth-order valence-electron chi connectivity index (χ4n) is 1.43. The molecule has 1 aromatic carbocycles. The SMILES string of the molecule is CCc1cc(Br)ccc1NC(=O)CCNC. The maximum atomic E-state index is 11.6. The molecule has 0 saturated heterocycles. The Hall–Kier alpha value is -0.870. The minimum atomic E-state index is 0.0476. The van der Waals surface area contributed by atoms with Gasteiger partial charge in [0, 0.05) is 23.1 Å². The molecule has 1 aromatic rings. The van der Waals surface area contributed by atoms with E-state index < -0.39 is 0 Å². The molecule has 1 amide bonds. The van der Waals surface area contributed by atoms with Gasteiger partial charge in [-0.2, -0.15) is 0 Å². The number of rotatable bonds is 5. The Morgan fingerprint density at radius 2 is 2.19 bits per heavy atom. The highest BCUT2D eigenvalue weighted by Crippen LogP contribution is 2.21. The van der Waals surface area contributed by atoms with Crippen LogP contribution in [0.5, 0.6) is 0 Å². The lowest BCUT2D eigenvalue weighted by Crippen LogP contribution is -2.19. The van der Waals surface area contributed by atoms with E-state index in [9.17, 15) is 4.79 Å². The van der Waals surface area contributed by atoms with Gasteiger partial charge in [0.2, 0.25) is 5.91 Å². The lowest BCUT2D eigenvalue weighted by Gasteiger charge is -2.10. The Bertz CT molecular complexity index is 366. The molecule has 4 heteroatoms. The molecular weight excluding hydrogens is 268 g/mol. The van der Waals surface area contributed by atoms with Crippen molar-refractivity contribution in [2.75, 3.05) is 18.9 Å². The number of nitrogens with one attached hydrogen (secondary N) is 2. The minimum Gasteiger partial charge on any atom is -0.326 e. The summed E-state index contributed by atoms with van der Waals surface area (Å²) in [7, 11) is 1.84. The molecule has 3 nitrogen and oxygen atoms in total. The summed E-state index contributed by atoms with van der Waals surface area (Å²) >= 11 is 3.42. The van der Waals surface area contributed by atoms with Gasteiger partial charge in [-0.1, -0.05) is 22.9 Å². The molecule has 0 atom stereocenters. The highest BCUT2D eigenvalue weighted by Gasteiger charge is 2.05. The van der Waals surface area contributed by atoms with Crippen LogP contribution in [0.15, 0.2) is 22.7 Å². The van der Waals surface area contributed by atoms with Crippen LogP contribution < -0.4 is 10.6 Å². The second kappa shape index (κ2) is 6.66. The molecule has 0 aliphatic carbocycles. The van der Waals surface area contributed by atoms with Crippen molar-refractivity contribution in [3.8, 4) is 0 Å². The molecule has 16 heavy (non-hydrogen) atoms. The van der Waals surface area contributed by atoms with E-state index in [1.807, 2.05) is 25.2 Å². The van der Waals surface area contributed by atoms with Crippen LogP contribution in [0.4, 0.5) is 5.69 Å². The standard InChI is InChI=1S/C12H17BrN2O/c1-3-9-8-10(13)4-5-11(9)15-12(16)6-7-14-2/h4-5,8,14H,3,6-7H2,1-2H3,(H,15,16). The molecule has 2 N–H and O–H groups in total. The highest BCUT2D eigenvalue weighted by atomic mass is 79.9. The average Bonchev–Trinajstić information content (AvgIpc) is 2.28. The summed E-state index contributed by atoms with van der Waals surface area (Å²) in [5, 5.41) is 5.88. The van der Waals surface area contributed by atoms with Crippen LogP contribution in [0.3, 0.4) is 0 Å². The molecule has 0 unspecified atom stereocenters. The van der Waals surface area contributed by atoms with Gasteiger partial charge in [0.1, 0.15) is 0 Å². The van der Waals surface area contributed by atoms with Crippen LogP contribution in [0.1, 0.15) is 18.9 Å². The van der Waals surface area contributed by atoms with E-state index in [1.165, 1.54) is 0 Å². The average molecular weight is 285 g/mol. The van der Waals surface area contributed by atoms with Gasteiger partial charge in [-0.3, -0.25) is 4.79 Å². The number of hydrogen-bond acceptors (Lipinski definition) is 2. The van der Waals surface area contributed by atoms with E-state index in [-0.39, 0.29) is 5.91 Å². The van der Waals surface area contributed by atoms with Crippen molar-refractivity contribution in [2.24, 2.45) is 0 Å². The molecule has 0 aliphatic rings. The molecule has 0 aromatic heterocycles. The van der Waals surface area contributed by atoms with Gasteiger partial charge in [-0.25, -0.2) is 0 Å². The lowest BCUT2D eigenvalue weighted by molar-refractivity contribution is -0.116. The van der Waals surface area contributed by atoms with Crippen molar-refractivity contribution >= 4 is 27.5 Å². The molecule has 0 aliphatic heterocycles. The number of carbonyl (C=O) groups is 1. The van der Waals surface area contributed by atoms with E-state index in [2.05, 4.69) is 33.5 Å². The molecule has 0 fully saturated rings. The van der Waals surface area contributed by atoms with Crippen molar-refractivity contribution < 1.29 is 4.79 Å². The lowest BCUT2D eigenvalue weighted by atomic mass is 10.1. The zero-order valence-electron chi connectivity index (χ0n) is 9.64. The third kappa shape index (κ3) is 3.94. The van der Waals surface area contributed by atoms with Crippen molar-refractivity contribution in [1.82, 2.24) is 5.32 Å². The number of benzene rings is 1. The quantitative estimate of drug-likeness (QED) is 0.873. The van der Waals surface area contributed by atoms with Crippen molar-refractivity contribution in [3.05, 3.63) is 28.2 Å². The summed E-state index contributed by atoms with van der Waals surface area (Å²) in [6.07, 6.45) is 1.40. The van der Waals surface area contributed by atoms with Crippen LogP contribution in [0.2, 0.25) is 0 Å². The third-order valence-corrected chi connectivity index (χ3v) is 2.82. The second-order valence-electron chi connectivity index (χ2n) is 3.56. The minimum absolute atomic E-state index is 0.0476. The first-order chi connectivity index (χ1) is 7.67. The molecule has 88 valence electrons. The zero-order valence-corrected chi connectivity index (χ0v) is 11.2. The Morgan fingerprint density at radius 1 is 1.44 bits per heavy atom. The molecule has 0 spiro atoms. The largest absolute Gasteiger partial charge is 0.326 e. The molecule has 0 bridgehead atoms. The Morgan fingerprint density at radius 3 is 2.81 bits per heavy atom. The highest BCUT2D eigenvalue weighted by molar-refractivity contribution is 9.10. The Kier molecular flexibility index (Phi) is 5.49. The van der Waals surface area contributed by atoms with Gasteiger partial charge in [0.25, 0.3) is 0 Å². The maximum absolute atomic E-state index is 11.6.